The summed E-state index contributed by atoms with van der Waals surface area (Å²) in [4.78, 5) is 27.1. The van der Waals surface area contributed by atoms with E-state index in [1.807, 2.05) is 35.4 Å². The number of hydrogen-bond donors (Lipinski definition) is 1. The van der Waals surface area contributed by atoms with E-state index in [-0.39, 0.29) is 24.4 Å². The number of carbonyl (C=O) groups is 2. The second kappa shape index (κ2) is 7.66. The maximum Gasteiger partial charge on any atom is 0.261 e. The normalized spacial score (nSPS) is 17.7. The maximum absolute atomic E-state index is 12.6. The number of nitrogens with one attached hydrogen (secondary N) is 1. The van der Waals surface area contributed by atoms with Crippen LogP contribution in [0.2, 0.25) is 0 Å². The number of hydrogen-bond acceptors (Lipinski definition) is 4. The van der Waals surface area contributed by atoms with Crippen molar-refractivity contribution in [3.8, 4) is 0 Å². The molecule has 1 N–H and O–H groups in total. The van der Waals surface area contributed by atoms with E-state index < -0.39 is 0 Å². The van der Waals surface area contributed by atoms with E-state index in [2.05, 4.69) is 5.32 Å². The van der Waals surface area contributed by atoms with E-state index >= 15 is 0 Å². The van der Waals surface area contributed by atoms with E-state index in [1.165, 1.54) is 11.3 Å². The van der Waals surface area contributed by atoms with Gasteiger partial charge in [0.05, 0.1) is 17.5 Å². The monoisotopic (exact) mass is 346 g/mol. The quantitative estimate of drug-likeness (QED) is 0.903. The number of nitrogens with zero attached hydrogens (tertiary/aromatic N) is 1. The summed E-state index contributed by atoms with van der Waals surface area (Å²) in [6.07, 6.45) is 3.82. The third-order valence-corrected chi connectivity index (χ3v) is 5.20. The molecule has 2 aromatic heterocycles. The first-order chi connectivity index (χ1) is 11.7. The Hall–Kier alpha value is -2.08. The Morgan fingerprint density at radius 1 is 1.33 bits per heavy atom. The molecule has 1 fully saturated rings. The summed E-state index contributed by atoms with van der Waals surface area (Å²) in [6.45, 7) is 2.78. The van der Waals surface area contributed by atoms with Crippen molar-refractivity contribution < 1.29 is 14.0 Å². The van der Waals surface area contributed by atoms with Gasteiger partial charge in [-0.05, 0) is 42.8 Å². The van der Waals surface area contributed by atoms with E-state index in [0.717, 1.165) is 37.2 Å². The van der Waals surface area contributed by atoms with Crippen molar-refractivity contribution in [2.45, 2.75) is 38.6 Å². The first-order valence-electron chi connectivity index (χ1n) is 8.39. The number of furan rings is 1. The van der Waals surface area contributed by atoms with E-state index in [1.54, 1.807) is 6.07 Å². The Morgan fingerprint density at radius 3 is 2.92 bits per heavy atom. The molecule has 0 radical (unpaired) electrons. The van der Waals surface area contributed by atoms with Crippen LogP contribution in [-0.4, -0.2) is 29.8 Å². The number of rotatable bonds is 5. The van der Waals surface area contributed by atoms with Gasteiger partial charge in [0.2, 0.25) is 5.91 Å². The van der Waals surface area contributed by atoms with Gasteiger partial charge in [-0.2, -0.15) is 0 Å². The lowest BCUT2D eigenvalue weighted by Crippen LogP contribution is -2.44. The SMILES string of the molecule is CCc1ccc(C2CCCCN2C(=O)CNC(=O)c2cccs2)o1. The lowest BCUT2D eigenvalue weighted by Gasteiger charge is -2.34. The number of piperidine rings is 1. The molecule has 0 aromatic carbocycles. The van der Waals surface area contributed by atoms with Crippen molar-refractivity contribution >= 4 is 23.2 Å². The summed E-state index contributed by atoms with van der Waals surface area (Å²) in [5, 5.41) is 4.57. The van der Waals surface area contributed by atoms with E-state index in [9.17, 15) is 9.59 Å². The molecule has 0 spiro atoms. The third-order valence-electron chi connectivity index (χ3n) is 4.33. The summed E-state index contributed by atoms with van der Waals surface area (Å²) in [7, 11) is 0. The van der Waals surface area contributed by atoms with Gasteiger partial charge >= 0.3 is 0 Å². The van der Waals surface area contributed by atoms with Crippen LogP contribution in [0.25, 0.3) is 0 Å². The molecule has 24 heavy (non-hydrogen) atoms. The minimum atomic E-state index is -0.196. The van der Waals surface area contributed by atoms with Crippen molar-refractivity contribution in [2.24, 2.45) is 0 Å². The van der Waals surface area contributed by atoms with Gasteiger partial charge in [-0.25, -0.2) is 0 Å². The van der Waals surface area contributed by atoms with E-state index in [0.29, 0.717) is 11.4 Å². The Bertz CT molecular complexity index is 693. The highest BCUT2D eigenvalue weighted by Gasteiger charge is 2.30. The van der Waals surface area contributed by atoms with Gasteiger partial charge in [0.15, 0.2) is 0 Å². The standard InChI is InChI=1S/C18H22N2O3S/c1-2-13-8-9-15(23-13)14-6-3-4-10-20(14)17(21)12-19-18(22)16-7-5-11-24-16/h5,7-9,11,14H,2-4,6,10,12H2,1H3,(H,19,22). The van der Waals surface area contributed by atoms with E-state index in [4.69, 9.17) is 4.42 Å². The van der Waals surface area contributed by atoms with Crippen LogP contribution in [0.3, 0.4) is 0 Å². The first-order valence-corrected chi connectivity index (χ1v) is 9.26. The molecule has 1 atom stereocenters. The number of aryl methyl sites for hydroxylation is 1. The highest BCUT2D eigenvalue weighted by atomic mass is 32.1. The number of carbonyl (C=O) groups excluding carboxylic acids is 2. The molecular formula is C18H22N2O3S. The molecule has 3 heterocycles. The topological polar surface area (TPSA) is 62.6 Å². The van der Waals surface area contributed by atoms with Crippen LogP contribution in [0.4, 0.5) is 0 Å². The molecule has 3 rings (SSSR count). The summed E-state index contributed by atoms with van der Waals surface area (Å²) in [5.74, 6) is 1.54. The molecule has 1 aliphatic rings. The Morgan fingerprint density at radius 2 is 2.21 bits per heavy atom. The highest BCUT2D eigenvalue weighted by Crippen LogP contribution is 2.32. The van der Waals surface area contributed by atoms with Gasteiger partial charge in [-0.15, -0.1) is 11.3 Å². The molecular weight excluding hydrogens is 324 g/mol. The second-order valence-corrected chi connectivity index (χ2v) is 6.86. The zero-order chi connectivity index (χ0) is 16.9. The van der Waals surface area contributed by atoms with Gasteiger partial charge in [0, 0.05) is 13.0 Å². The minimum absolute atomic E-state index is 0.0224. The zero-order valence-electron chi connectivity index (χ0n) is 13.8. The largest absolute Gasteiger partial charge is 0.464 e. The summed E-state index contributed by atoms with van der Waals surface area (Å²) >= 11 is 1.37. The maximum atomic E-state index is 12.6. The molecule has 5 nitrogen and oxygen atoms in total. The zero-order valence-corrected chi connectivity index (χ0v) is 14.6. The predicted molar refractivity (Wildman–Crippen MR) is 93.0 cm³/mol. The minimum Gasteiger partial charge on any atom is -0.464 e. The van der Waals surface area contributed by atoms with Crippen LogP contribution in [0.5, 0.6) is 0 Å². The average Bonchev–Trinajstić information content (AvgIpc) is 3.30. The van der Waals surface area contributed by atoms with Crippen LogP contribution in [0.15, 0.2) is 34.1 Å². The lowest BCUT2D eigenvalue weighted by molar-refractivity contribution is -0.134. The van der Waals surface area contributed by atoms with Gasteiger partial charge in [0.1, 0.15) is 11.5 Å². The van der Waals surface area contributed by atoms with Crippen LogP contribution in [0, 0.1) is 0 Å². The molecule has 0 saturated carbocycles. The van der Waals surface area contributed by atoms with Gasteiger partial charge in [-0.3, -0.25) is 9.59 Å². The molecule has 1 saturated heterocycles. The first kappa shape index (κ1) is 16.8. The molecule has 6 heteroatoms. The molecule has 1 unspecified atom stereocenters. The number of amides is 2. The molecule has 128 valence electrons. The Labute approximate surface area is 145 Å². The number of likely N-dealkylation sites (tertiary alicyclic amines) is 1. The fourth-order valence-corrected chi connectivity index (χ4v) is 3.68. The molecule has 1 aliphatic heterocycles. The Kier molecular flexibility index (Phi) is 5.35. The van der Waals surface area contributed by atoms with Crippen LogP contribution >= 0.6 is 11.3 Å². The summed E-state index contributed by atoms with van der Waals surface area (Å²) in [6, 6.07) is 7.50. The van der Waals surface area contributed by atoms with Gasteiger partial charge in [0.25, 0.3) is 5.91 Å². The van der Waals surface area contributed by atoms with Crippen LogP contribution < -0.4 is 5.32 Å². The van der Waals surface area contributed by atoms with Gasteiger partial charge < -0.3 is 14.6 Å². The summed E-state index contributed by atoms with van der Waals surface area (Å²) in [5.41, 5.74) is 0. The van der Waals surface area contributed by atoms with Crippen molar-refractivity contribution in [2.75, 3.05) is 13.1 Å². The van der Waals surface area contributed by atoms with Crippen molar-refractivity contribution in [1.29, 1.82) is 0 Å². The predicted octanol–water partition coefficient (Wildman–Crippen LogP) is 3.39. The average molecular weight is 346 g/mol. The summed E-state index contributed by atoms with van der Waals surface area (Å²) < 4.78 is 5.86. The highest BCUT2D eigenvalue weighted by molar-refractivity contribution is 7.12. The van der Waals surface area contributed by atoms with Crippen molar-refractivity contribution in [3.63, 3.8) is 0 Å². The van der Waals surface area contributed by atoms with Crippen molar-refractivity contribution in [1.82, 2.24) is 10.2 Å². The van der Waals surface area contributed by atoms with Crippen LogP contribution in [0.1, 0.15) is 53.4 Å². The molecule has 2 aromatic rings. The molecule has 0 bridgehead atoms. The lowest BCUT2D eigenvalue weighted by atomic mass is 10.00. The number of thiophene rings is 1. The smallest absolute Gasteiger partial charge is 0.261 e. The Balaban J connectivity index is 1.64. The fourth-order valence-electron chi connectivity index (χ4n) is 3.04. The van der Waals surface area contributed by atoms with Gasteiger partial charge in [-0.1, -0.05) is 13.0 Å². The fraction of sp³-hybridized carbons (Fsp3) is 0.444. The second-order valence-electron chi connectivity index (χ2n) is 5.92. The molecule has 0 aliphatic carbocycles. The third kappa shape index (κ3) is 3.70. The molecule has 2 amide bonds. The van der Waals surface area contributed by atoms with Crippen LogP contribution in [-0.2, 0) is 11.2 Å². The van der Waals surface area contributed by atoms with Crippen molar-refractivity contribution in [3.05, 3.63) is 46.0 Å².